The molecule has 0 N–H and O–H groups in total. The molecule has 0 aromatic heterocycles. The third-order valence-corrected chi connectivity index (χ3v) is 3.95. The Morgan fingerprint density at radius 1 is 0.643 bits per heavy atom. The molecule has 0 heterocycles. The normalized spacial score (nSPS) is 11.1. The summed E-state index contributed by atoms with van der Waals surface area (Å²) in [5.74, 6) is -3.87. The molecule has 6 nitrogen and oxygen atoms in total. The summed E-state index contributed by atoms with van der Waals surface area (Å²) in [6.45, 7) is 1.02. The molecule has 0 fully saturated rings. The summed E-state index contributed by atoms with van der Waals surface area (Å²) >= 11 is 0. The predicted octanol–water partition coefficient (Wildman–Crippen LogP) is 3.68. The molecule has 0 saturated heterocycles. The molecule has 0 aliphatic rings. The van der Waals surface area contributed by atoms with Crippen LogP contribution in [0.25, 0.3) is 0 Å². The van der Waals surface area contributed by atoms with Crippen molar-refractivity contribution >= 4 is 29.1 Å². The number of ketones is 4. The molecule has 28 heavy (non-hydrogen) atoms. The third-order valence-electron chi connectivity index (χ3n) is 3.95. The van der Waals surface area contributed by atoms with Crippen LogP contribution in [0.1, 0.15) is 77.6 Å². The van der Waals surface area contributed by atoms with Gasteiger partial charge in [0.2, 0.25) is 0 Å². The number of Topliss-reactive ketones (excluding diaryl/α,β-unsaturated/α-hetero) is 4. The maximum Gasteiger partial charge on any atom is 0.490 e. The number of esters is 1. The smallest absolute Gasteiger partial charge is 0.451 e. The van der Waals surface area contributed by atoms with Gasteiger partial charge >= 0.3 is 12.1 Å². The van der Waals surface area contributed by atoms with E-state index < -0.39 is 30.3 Å². The SMILES string of the molecule is CCCCCCC(=O)CCC(=O)CCC(=O)CCC(=O)COC(=O)C(F)(F)F. The van der Waals surface area contributed by atoms with E-state index in [-0.39, 0.29) is 50.1 Å². The first-order chi connectivity index (χ1) is 13.1. The zero-order valence-electron chi connectivity index (χ0n) is 16.1. The van der Waals surface area contributed by atoms with Crippen LogP contribution in [-0.4, -0.2) is 41.9 Å². The van der Waals surface area contributed by atoms with Crippen molar-refractivity contribution < 1.29 is 41.9 Å². The summed E-state index contributed by atoms with van der Waals surface area (Å²) in [6, 6.07) is 0. The fraction of sp³-hybridized carbons (Fsp3) is 0.737. The number of alkyl halides is 3. The average Bonchev–Trinajstić information content (AvgIpc) is 2.63. The largest absolute Gasteiger partial charge is 0.490 e. The molecule has 0 aliphatic heterocycles. The Hall–Kier alpha value is -2.06. The lowest BCUT2D eigenvalue weighted by molar-refractivity contribution is -0.199. The van der Waals surface area contributed by atoms with Crippen LogP contribution in [0.3, 0.4) is 0 Å². The molecular weight excluding hydrogens is 381 g/mol. The van der Waals surface area contributed by atoms with E-state index in [1.54, 1.807) is 0 Å². The Labute approximate surface area is 162 Å². The number of hydrogen-bond acceptors (Lipinski definition) is 6. The van der Waals surface area contributed by atoms with Crippen molar-refractivity contribution in [1.82, 2.24) is 0 Å². The van der Waals surface area contributed by atoms with Crippen LogP contribution >= 0.6 is 0 Å². The van der Waals surface area contributed by atoms with Gasteiger partial charge in [0.1, 0.15) is 24.0 Å². The monoisotopic (exact) mass is 408 g/mol. The van der Waals surface area contributed by atoms with Crippen LogP contribution in [0.2, 0.25) is 0 Å². The van der Waals surface area contributed by atoms with Gasteiger partial charge in [-0.15, -0.1) is 0 Å². The van der Waals surface area contributed by atoms with Gasteiger partial charge < -0.3 is 4.74 Å². The molecule has 0 aromatic carbocycles. The second-order valence-electron chi connectivity index (χ2n) is 6.54. The maximum atomic E-state index is 11.9. The summed E-state index contributed by atoms with van der Waals surface area (Å²) in [7, 11) is 0. The van der Waals surface area contributed by atoms with Crippen LogP contribution in [0.5, 0.6) is 0 Å². The molecule has 0 unspecified atom stereocenters. The van der Waals surface area contributed by atoms with Crippen molar-refractivity contribution in [2.75, 3.05) is 6.61 Å². The maximum absolute atomic E-state index is 11.9. The number of carbonyl (C=O) groups is 5. The van der Waals surface area contributed by atoms with Crippen molar-refractivity contribution in [3.05, 3.63) is 0 Å². The number of rotatable bonds is 16. The summed E-state index contributed by atoms with van der Waals surface area (Å²) in [5.41, 5.74) is 0. The zero-order chi connectivity index (χ0) is 21.6. The number of hydrogen-bond donors (Lipinski definition) is 0. The van der Waals surface area contributed by atoms with Crippen molar-refractivity contribution in [3.63, 3.8) is 0 Å². The van der Waals surface area contributed by atoms with E-state index >= 15 is 0 Å². The summed E-state index contributed by atoms with van der Waals surface area (Å²) in [4.78, 5) is 56.7. The number of unbranched alkanes of at least 4 members (excludes halogenated alkanes) is 3. The highest BCUT2D eigenvalue weighted by Crippen LogP contribution is 2.16. The molecule has 0 rings (SSSR count). The molecule has 0 aromatic rings. The first kappa shape index (κ1) is 25.9. The third kappa shape index (κ3) is 14.1. The molecule has 0 bridgehead atoms. The highest BCUT2D eigenvalue weighted by atomic mass is 19.4. The lowest BCUT2D eigenvalue weighted by Crippen LogP contribution is -2.27. The van der Waals surface area contributed by atoms with Crippen molar-refractivity contribution in [3.8, 4) is 0 Å². The van der Waals surface area contributed by atoms with E-state index in [1.807, 2.05) is 0 Å². The molecule has 0 atom stereocenters. The van der Waals surface area contributed by atoms with E-state index in [1.165, 1.54) is 0 Å². The second-order valence-corrected chi connectivity index (χ2v) is 6.54. The average molecular weight is 408 g/mol. The topological polar surface area (TPSA) is 94.6 Å². The standard InChI is InChI=1S/C19H27F3O6/c1-2-3-4-5-6-14(23)7-8-15(24)9-10-16(25)11-12-17(26)13-28-18(27)19(20,21)22/h2-13H2,1H3. The van der Waals surface area contributed by atoms with Crippen LogP contribution < -0.4 is 0 Å². The van der Waals surface area contributed by atoms with Gasteiger partial charge in [0.25, 0.3) is 0 Å². The molecule has 0 aliphatic carbocycles. The Kier molecular flexibility index (Phi) is 13.0. The highest BCUT2D eigenvalue weighted by Gasteiger charge is 2.41. The minimum absolute atomic E-state index is 0.0229. The van der Waals surface area contributed by atoms with Gasteiger partial charge in [0.05, 0.1) is 0 Å². The van der Waals surface area contributed by atoms with E-state index in [2.05, 4.69) is 11.7 Å². The first-order valence-electron chi connectivity index (χ1n) is 9.37. The van der Waals surface area contributed by atoms with E-state index in [4.69, 9.17) is 0 Å². The van der Waals surface area contributed by atoms with Gasteiger partial charge in [0.15, 0.2) is 5.78 Å². The summed E-state index contributed by atoms with van der Waals surface area (Å²) in [6.07, 6.45) is -1.30. The van der Waals surface area contributed by atoms with Crippen LogP contribution in [0, 0.1) is 0 Å². The Balaban J connectivity index is 3.85. The summed E-state index contributed by atoms with van der Waals surface area (Å²) in [5, 5.41) is 0. The number of halogens is 3. The second kappa shape index (κ2) is 14.0. The van der Waals surface area contributed by atoms with Gasteiger partial charge in [0, 0.05) is 44.9 Å². The van der Waals surface area contributed by atoms with Crippen LogP contribution in [0.4, 0.5) is 13.2 Å². The lowest BCUT2D eigenvalue weighted by Gasteiger charge is -2.06. The Morgan fingerprint density at radius 2 is 1.07 bits per heavy atom. The molecular formula is C19H27F3O6. The van der Waals surface area contributed by atoms with Gasteiger partial charge in [-0.1, -0.05) is 26.2 Å². The minimum atomic E-state index is -5.17. The van der Waals surface area contributed by atoms with E-state index in [9.17, 15) is 37.1 Å². The van der Waals surface area contributed by atoms with Crippen molar-refractivity contribution in [1.29, 1.82) is 0 Å². The van der Waals surface area contributed by atoms with Gasteiger partial charge in [-0.3, -0.25) is 19.2 Å². The number of ether oxygens (including phenoxy) is 1. The van der Waals surface area contributed by atoms with Crippen molar-refractivity contribution in [2.45, 2.75) is 83.7 Å². The molecule has 0 radical (unpaired) electrons. The lowest BCUT2D eigenvalue weighted by atomic mass is 10.0. The van der Waals surface area contributed by atoms with Crippen LogP contribution in [0.15, 0.2) is 0 Å². The molecule has 0 saturated carbocycles. The Bertz CT molecular complexity index is 554. The summed E-state index contributed by atoms with van der Waals surface area (Å²) < 4.78 is 39.5. The minimum Gasteiger partial charge on any atom is -0.451 e. The zero-order valence-corrected chi connectivity index (χ0v) is 16.1. The van der Waals surface area contributed by atoms with Gasteiger partial charge in [-0.2, -0.15) is 13.2 Å². The van der Waals surface area contributed by atoms with Gasteiger partial charge in [-0.25, -0.2) is 4.79 Å². The molecule has 0 amide bonds. The molecule has 160 valence electrons. The van der Waals surface area contributed by atoms with Crippen LogP contribution in [-0.2, 0) is 28.7 Å². The van der Waals surface area contributed by atoms with E-state index in [0.29, 0.717) is 6.42 Å². The fourth-order valence-corrected chi connectivity index (χ4v) is 2.26. The number of carbonyl (C=O) groups excluding carboxylic acids is 5. The Morgan fingerprint density at radius 3 is 1.50 bits per heavy atom. The quantitative estimate of drug-likeness (QED) is 0.286. The first-order valence-corrected chi connectivity index (χ1v) is 9.37. The highest BCUT2D eigenvalue weighted by molar-refractivity contribution is 5.91. The van der Waals surface area contributed by atoms with Crippen molar-refractivity contribution in [2.24, 2.45) is 0 Å². The predicted molar refractivity (Wildman–Crippen MR) is 93.5 cm³/mol. The van der Waals surface area contributed by atoms with E-state index in [0.717, 1.165) is 25.7 Å². The molecule has 0 spiro atoms. The van der Waals surface area contributed by atoms with Gasteiger partial charge in [-0.05, 0) is 6.42 Å². The fourth-order valence-electron chi connectivity index (χ4n) is 2.26. The molecule has 9 heteroatoms.